The molecule has 1 aliphatic rings. The molecule has 1 fully saturated rings. The van der Waals surface area contributed by atoms with E-state index in [0.717, 1.165) is 141 Å². The zero-order valence-corrected chi connectivity index (χ0v) is 46.9. The van der Waals surface area contributed by atoms with Gasteiger partial charge in [-0.2, -0.15) is 0 Å². The SMILES string of the molecule is COc1ccc(C[N+](CCCCCCO)(Cc2ccc(OC)cc2)C[C@@H]2OC(C)(C)O[C@H]2C[N+](CCCCCCCc2ccc(OCc3ccc(C)cc3)cc2)(Cc2ccc(OC)cc2)Cc2ccc(OC)cc2)cc1. The lowest BCUT2D eigenvalue weighted by atomic mass is 10.0. The van der Waals surface area contributed by atoms with Crippen LogP contribution >= 0.6 is 0 Å². The Morgan fingerprint density at radius 1 is 0.408 bits per heavy atom. The second kappa shape index (κ2) is 29.0. The molecule has 10 heteroatoms. The number of rotatable bonds is 33. The standard InChI is InChI=1S/C66H88N2O8/c1-52-18-20-58(21-19-52)51-74-63-40-22-53(23-41-63)17-13-9-8-10-14-42-67(45-54-24-32-59(70-4)33-25-54,46-55-26-34-60(71-5)35-27-55)49-64-65(76-66(2,3)75-64)50-68(43-15-11-12-16-44-69,47-56-28-36-61(72-6)37-29-56)48-57-30-38-62(73-7)39-31-57/h18-41,64-65,69H,8-17,42-51H2,1-7H3/q+2/t64-,65-/m0/s1. The first-order valence-corrected chi connectivity index (χ1v) is 27.9. The molecule has 1 N–H and O–H groups in total. The van der Waals surface area contributed by atoms with Gasteiger partial charge in [-0.05, 0) is 186 Å². The maximum absolute atomic E-state index is 9.71. The van der Waals surface area contributed by atoms with Crippen LogP contribution in [0.1, 0.15) is 111 Å². The van der Waals surface area contributed by atoms with E-state index in [9.17, 15) is 5.11 Å². The molecular formula is C66H88N2O8+2. The Morgan fingerprint density at radius 2 is 0.737 bits per heavy atom. The van der Waals surface area contributed by atoms with E-state index >= 15 is 0 Å². The van der Waals surface area contributed by atoms with E-state index in [4.69, 9.17) is 33.2 Å². The van der Waals surface area contributed by atoms with Crippen LogP contribution in [0.4, 0.5) is 0 Å². The van der Waals surface area contributed by atoms with Crippen molar-refractivity contribution in [3.05, 3.63) is 185 Å². The van der Waals surface area contributed by atoms with Crippen LogP contribution in [-0.4, -0.2) is 93.3 Å². The van der Waals surface area contributed by atoms with Gasteiger partial charge in [-0.15, -0.1) is 0 Å². The van der Waals surface area contributed by atoms with Crippen molar-refractivity contribution in [2.24, 2.45) is 0 Å². The van der Waals surface area contributed by atoms with Gasteiger partial charge < -0.3 is 47.2 Å². The number of aliphatic hydroxyl groups is 1. The minimum Gasteiger partial charge on any atom is -0.497 e. The maximum atomic E-state index is 9.71. The summed E-state index contributed by atoms with van der Waals surface area (Å²) in [6.07, 6.45) is 10.3. The van der Waals surface area contributed by atoms with Gasteiger partial charge in [0.15, 0.2) is 5.79 Å². The third-order valence-corrected chi connectivity index (χ3v) is 15.2. The van der Waals surface area contributed by atoms with Gasteiger partial charge in [-0.25, -0.2) is 0 Å². The van der Waals surface area contributed by atoms with Crippen molar-refractivity contribution in [2.45, 2.75) is 136 Å². The fraction of sp³-hybridized carbons (Fsp3) is 0.455. The van der Waals surface area contributed by atoms with Gasteiger partial charge in [0.05, 0.1) is 41.5 Å². The zero-order valence-electron chi connectivity index (χ0n) is 46.9. The number of aryl methyl sites for hydroxylation is 2. The molecule has 2 atom stereocenters. The molecule has 408 valence electrons. The Kier molecular flexibility index (Phi) is 22.1. The average Bonchev–Trinajstić information content (AvgIpc) is 3.71. The van der Waals surface area contributed by atoms with E-state index in [1.165, 1.54) is 51.8 Å². The van der Waals surface area contributed by atoms with Crippen molar-refractivity contribution in [2.75, 3.05) is 61.2 Å². The van der Waals surface area contributed by atoms with Crippen molar-refractivity contribution in [3.8, 4) is 28.7 Å². The van der Waals surface area contributed by atoms with E-state index in [1.807, 2.05) is 0 Å². The smallest absolute Gasteiger partial charge is 0.164 e. The van der Waals surface area contributed by atoms with Crippen molar-refractivity contribution in [3.63, 3.8) is 0 Å². The molecule has 0 radical (unpaired) electrons. The molecule has 0 aromatic heterocycles. The van der Waals surface area contributed by atoms with Gasteiger partial charge in [0.1, 0.15) is 86.8 Å². The van der Waals surface area contributed by atoms with E-state index < -0.39 is 5.79 Å². The van der Waals surface area contributed by atoms with Crippen molar-refractivity contribution >= 4 is 0 Å². The Bertz CT molecular complexity index is 2470. The number of methoxy groups -OCH3 is 4. The van der Waals surface area contributed by atoms with E-state index in [-0.39, 0.29) is 18.8 Å². The minimum atomic E-state index is -0.781. The van der Waals surface area contributed by atoms with Crippen LogP contribution in [0.15, 0.2) is 146 Å². The molecule has 76 heavy (non-hydrogen) atoms. The minimum absolute atomic E-state index is 0.190. The summed E-state index contributed by atoms with van der Waals surface area (Å²) in [6.45, 7) is 13.8. The topological polar surface area (TPSA) is 84.8 Å². The van der Waals surface area contributed by atoms with Gasteiger partial charge in [-0.1, -0.05) is 61.2 Å². The number of benzene rings is 6. The quantitative estimate of drug-likeness (QED) is 0.0322. The van der Waals surface area contributed by atoms with Crippen LogP contribution in [0.5, 0.6) is 28.7 Å². The first kappa shape index (κ1) is 57.8. The summed E-state index contributed by atoms with van der Waals surface area (Å²) in [5.41, 5.74) is 8.82. The Labute approximate surface area is 455 Å². The fourth-order valence-electron chi connectivity index (χ4n) is 11.1. The third-order valence-electron chi connectivity index (χ3n) is 15.2. The highest BCUT2D eigenvalue weighted by molar-refractivity contribution is 5.31. The average molecular weight is 1040 g/mol. The van der Waals surface area contributed by atoms with Gasteiger partial charge in [-0.3, -0.25) is 0 Å². The predicted octanol–water partition coefficient (Wildman–Crippen LogP) is 13.6. The Balaban J connectivity index is 1.14. The lowest BCUT2D eigenvalue weighted by Gasteiger charge is -2.44. The van der Waals surface area contributed by atoms with Crippen LogP contribution in [0.3, 0.4) is 0 Å². The van der Waals surface area contributed by atoms with E-state index in [2.05, 4.69) is 166 Å². The largest absolute Gasteiger partial charge is 0.497 e. The first-order chi connectivity index (χ1) is 36.9. The second-order valence-electron chi connectivity index (χ2n) is 21.8. The number of ether oxygens (including phenoxy) is 7. The number of aliphatic hydroxyl groups excluding tert-OH is 1. The highest BCUT2D eigenvalue weighted by atomic mass is 16.8. The highest BCUT2D eigenvalue weighted by Gasteiger charge is 2.50. The molecule has 0 amide bonds. The van der Waals surface area contributed by atoms with Crippen LogP contribution < -0.4 is 23.7 Å². The summed E-state index contributed by atoms with van der Waals surface area (Å²) in [4.78, 5) is 0. The summed E-state index contributed by atoms with van der Waals surface area (Å²) in [6, 6.07) is 51.7. The summed E-state index contributed by atoms with van der Waals surface area (Å²) < 4.78 is 44.6. The van der Waals surface area contributed by atoms with Crippen molar-refractivity contribution in [1.82, 2.24) is 0 Å². The molecule has 6 aromatic carbocycles. The van der Waals surface area contributed by atoms with Gasteiger partial charge in [0, 0.05) is 28.9 Å². The molecule has 1 saturated heterocycles. The Hall–Kier alpha value is -5.88. The summed E-state index contributed by atoms with van der Waals surface area (Å²) in [5, 5.41) is 9.71. The highest BCUT2D eigenvalue weighted by Crippen LogP contribution is 2.37. The van der Waals surface area contributed by atoms with E-state index in [0.29, 0.717) is 6.61 Å². The van der Waals surface area contributed by atoms with Crippen molar-refractivity contribution in [1.29, 1.82) is 0 Å². The van der Waals surface area contributed by atoms with Crippen LogP contribution in [0.25, 0.3) is 0 Å². The first-order valence-electron chi connectivity index (χ1n) is 27.9. The predicted molar refractivity (Wildman–Crippen MR) is 305 cm³/mol. The van der Waals surface area contributed by atoms with Gasteiger partial charge in [0.2, 0.25) is 0 Å². The molecule has 0 saturated carbocycles. The molecule has 0 spiro atoms. The maximum Gasteiger partial charge on any atom is 0.164 e. The third kappa shape index (κ3) is 18.1. The summed E-state index contributed by atoms with van der Waals surface area (Å²) >= 11 is 0. The number of nitrogens with zero attached hydrogens (tertiary/aromatic N) is 2. The molecular weight excluding hydrogens is 949 g/mol. The van der Waals surface area contributed by atoms with Gasteiger partial charge >= 0.3 is 0 Å². The molecule has 10 nitrogen and oxygen atoms in total. The fourth-order valence-corrected chi connectivity index (χ4v) is 11.1. The molecule has 1 heterocycles. The van der Waals surface area contributed by atoms with E-state index in [1.54, 1.807) is 28.4 Å². The number of unbranched alkanes of at least 4 members (excludes halogenated alkanes) is 7. The van der Waals surface area contributed by atoms with Crippen LogP contribution in [-0.2, 0) is 48.7 Å². The number of quaternary nitrogens is 2. The van der Waals surface area contributed by atoms with Crippen LogP contribution in [0.2, 0.25) is 0 Å². The molecule has 7 rings (SSSR count). The van der Waals surface area contributed by atoms with Gasteiger partial charge in [0.25, 0.3) is 0 Å². The van der Waals surface area contributed by atoms with Crippen LogP contribution in [0, 0.1) is 6.92 Å². The second-order valence-corrected chi connectivity index (χ2v) is 21.8. The zero-order chi connectivity index (χ0) is 53.6. The Morgan fingerprint density at radius 3 is 1.12 bits per heavy atom. The normalized spacial score (nSPS) is 15.4. The molecule has 6 aromatic rings. The number of hydrogen-bond acceptors (Lipinski definition) is 8. The molecule has 0 aliphatic carbocycles. The lowest BCUT2D eigenvalue weighted by molar-refractivity contribution is -0.962. The molecule has 0 bridgehead atoms. The number of hydrogen-bond donors (Lipinski definition) is 1. The molecule has 1 aliphatic heterocycles. The van der Waals surface area contributed by atoms with Crippen molar-refractivity contribution < 1.29 is 47.2 Å². The molecule has 0 unspecified atom stereocenters. The lowest BCUT2D eigenvalue weighted by Crippen LogP contribution is -2.57. The summed E-state index contributed by atoms with van der Waals surface area (Å²) in [5.74, 6) is 3.53. The monoisotopic (exact) mass is 1040 g/mol. The summed E-state index contributed by atoms with van der Waals surface area (Å²) in [7, 11) is 6.91.